The van der Waals surface area contributed by atoms with Crippen LogP contribution >= 0.6 is 0 Å². The number of nitrogens with two attached hydrogens (primary N) is 1. The molecule has 0 saturated heterocycles. The molecule has 0 amide bonds. The first kappa shape index (κ1) is 15.0. The van der Waals surface area contributed by atoms with Gasteiger partial charge in [0.15, 0.2) is 0 Å². The molecule has 0 atom stereocenters. The van der Waals surface area contributed by atoms with E-state index >= 15 is 0 Å². The van der Waals surface area contributed by atoms with Crippen LogP contribution in [0.1, 0.15) is 11.4 Å². The predicted molar refractivity (Wildman–Crippen MR) is 83.7 cm³/mol. The second-order valence-electron chi connectivity index (χ2n) is 5.08. The van der Waals surface area contributed by atoms with Crippen LogP contribution in [-0.4, -0.2) is 38.2 Å². The smallest absolute Gasteiger partial charge is 0.213 e. The number of anilines is 1. The summed E-state index contributed by atoms with van der Waals surface area (Å²) in [4.78, 5) is 4.12. The molecule has 3 N–H and O–H groups in total. The number of aryl methyl sites for hydroxylation is 1. The molecular weight excluding hydrogens is 299 g/mol. The van der Waals surface area contributed by atoms with E-state index in [0.717, 1.165) is 22.6 Å². The quantitative estimate of drug-likeness (QED) is 0.722. The van der Waals surface area contributed by atoms with Gasteiger partial charge in [-0.25, -0.2) is 9.37 Å². The Hall–Kier alpha value is -2.90. The molecule has 0 saturated carbocycles. The number of ether oxygens (including phenoxy) is 1. The van der Waals surface area contributed by atoms with Gasteiger partial charge >= 0.3 is 0 Å². The Balaban J connectivity index is 1.72. The lowest BCUT2D eigenvalue weighted by atomic mass is 10.1. The second kappa shape index (κ2) is 6.47. The highest BCUT2D eigenvalue weighted by atomic mass is 19.1. The monoisotopic (exact) mass is 316 g/mol. The second-order valence-corrected chi connectivity index (χ2v) is 5.08. The minimum absolute atomic E-state index is 0.00436. The third-order valence-corrected chi connectivity index (χ3v) is 3.29. The van der Waals surface area contributed by atoms with E-state index in [4.69, 9.17) is 10.5 Å². The minimum Gasteiger partial charge on any atom is -0.475 e. The number of aromatic nitrogens is 5. The van der Waals surface area contributed by atoms with Gasteiger partial charge in [-0.2, -0.15) is 10.2 Å². The molecule has 0 aromatic carbocycles. The molecule has 3 heterocycles. The van der Waals surface area contributed by atoms with Gasteiger partial charge in [-0.1, -0.05) is 0 Å². The molecule has 0 aliphatic carbocycles. The average Bonchev–Trinajstić information content (AvgIpc) is 3.13. The summed E-state index contributed by atoms with van der Waals surface area (Å²) in [6, 6.07) is 5.44. The normalized spacial score (nSPS) is 10.9. The van der Waals surface area contributed by atoms with Crippen molar-refractivity contribution in [3.05, 3.63) is 42.0 Å². The molecule has 8 heteroatoms. The lowest BCUT2D eigenvalue weighted by Crippen LogP contribution is -2.00. The Kier molecular flexibility index (Phi) is 4.22. The van der Waals surface area contributed by atoms with Gasteiger partial charge in [0.25, 0.3) is 0 Å². The minimum atomic E-state index is -0.539. The third kappa shape index (κ3) is 3.47. The molecule has 0 fully saturated rings. The molecular formula is C15H17FN6O. The standard InChI is InChI=1S/C15H17FN6O/c1-22-9-12(17)14(21-22)7-11-6-13(20-19-11)10-2-3-15(18-8-10)23-5-4-16/h2-3,6,8-9H,4-5,7,17H2,1H3,(H,19,20). The van der Waals surface area contributed by atoms with Crippen molar-refractivity contribution in [1.29, 1.82) is 0 Å². The molecule has 23 heavy (non-hydrogen) atoms. The highest BCUT2D eigenvalue weighted by Gasteiger charge is 2.10. The summed E-state index contributed by atoms with van der Waals surface area (Å²) in [5.74, 6) is 0.392. The lowest BCUT2D eigenvalue weighted by molar-refractivity contribution is 0.264. The van der Waals surface area contributed by atoms with E-state index in [-0.39, 0.29) is 6.61 Å². The van der Waals surface area contributed by atoms with Gasteiger partial charge in [0.05, 0.1) is 17.1 Å². The molecule has 0 aliphatic rings. The number of nitrogen functional groups attached to an aromatic ring is 1. The Bertz CT molecular complexity index is 780. The number of aromatic amines is 1. The van der Waals surface area contributed by atoms with Crippen molar-refractivity contribution in [2.75, 3.05) is 19.0 Å². The summed E-state index contributed by atoms with van der Waals surface area (Å²) >= 11 is 0. The molecule has 7 nitrogen and oxygen atoms in total. The number of nitrogens with one attached hydrogen (secondary N) is 1. The summed E-state index contributed by atoms with van der Waals surface area (Å²) < 4.78 is 18.8. The Morgan fingerprint density at radius 1 is 1.39 bits per heavy atom. The molecule has 3 aromatic heterocycles. The SMILES string of the molecule is Cn1cc(N)c(Cc2cc(-c3ccc(OCCF)nc3)n[nH]2)n1. The van der Waals surface area contributed by atoms with Crippen LogP contribution in [-0.2, 0) is 13.5 Å². The van der Waals surface area contributed by atoms with Crippen molar-refractivity contribution < 1.29 is 9.13 Å². The van der Waals surface area contributed by atoms with Gasteiger partial charge < -0.3 is 10.5 Å². The van der Waals surface area contributed by atoms with Crippen LogP contribution in [0.3, 0.4) is 0 Å². The van der Waals surface area contributed by atoms with Crippen molar-refractivity contribution >= 4 is 5.69 Å². The first-order valence-electron chi connectivity index (χ1n) is 7.13. The lowest BCUT2D eigenvalue weighted by Gasteiger charge is -2.02. The summed E-state index contributed by atoms with van der Waals surface area (Å²) in [5, 5.41) is 11.6. The van der Waals surface area contributed by atoms with Gasteiger partial charge in [0.1, 0.15) is 13.3 Å². The van der Waals surface area contributed by atoms with Gasteiger partial charge in [0.2, 0.25) is 5.88 Å². The topological polar surface area (TPSA) is 94.6 Å². The summed E-state index contributed by atoms with van der Waals surface area (Å²) in [6.45, 7) is -0.535. The number of alkyl halides is 1. The number of halogens is 1. The van der Waals surface area contributed by atoms with Gasteiger partial charge in [-0.3, -0.25) is 9.78 Å². The van der Waals surface area contributed by atoms with Crippen LogP contribution in [0.4, 0.5) is 10.1 Å². The number of hydrogen-bond acceptors (Lipinski definition) is 5. The van der Waals surface area contributed by atoms with Crippen LogP contribution in [0.2, 0.25) is 0 Å². The van der Waals surface area contributed by atoms with E-state index < -0.39 is 6.67 Å². The maximum absolute atomic E-state index is 12.1. The van der Waals surface area contributed by atoms with Gasteiger partial charge in [-0.15, -0.1) is 0 Å². The predicted octanol–water partition coefficient (Wildman–Crippen LogP) is 1.73. The zero-order valence-corrected chi connectivity index (χ0v) is 12.7. The summed E-state index contributed by atoms with van der Waals surface area (Å²) in [7, 11) is 1.83. The third-order valence-electron chi connectivity index (χ3n) is 3.29. The Labute approximate surface area is 132 Å². The zero-order chi connectivity index (χ0) is 16.2. The number of rotatable bonds is 6. The molecule has 3 rings (SSSR count). The number of nitrogens with zero attached hydrogens (tertiary/aromatic N) is 4. The fourth-order valence-corrected chi connectivity index (χ4v) is 2.23. The number of H-pyrrole nitrogens is 1. The fourth-order valence-electron chi connectivity index (χ4n) is 2.23. The van der Waals surface area contributed by atoms with Crippen LogP contribution in [0, 0.1) is 0 Å². The molecule has 0 bridgehead atoms. The maximum atomic E-state index is 12.1. The number of pyridine rings is 1. The molecule has 0 spiro atoms. The van der Waals surface area contributed by atoms with Crippen LogP contribution in [0.25, 0.3) is 11.3 Å². The first-order valence-corrected chi connectivity index (χ1v) is 7.13. The first-order chi connectivity index (χ1) is 11.2. The number of hydrogen-bond donors (Lipinski definition) is 2. The highest BCUT2D eigenvalue weighted by molar-refractivity contribution is 5.58. The van der Waals surface area contributed by atoms with Crippen LogP contribution in [0.5, 0.6) is 5.88 Å². The molecule has 0 unspecified atom stereocenters. The van der Waals surface area contributed by atoms with E-state index in [2.05, 4.69) is 20.3 Å². The molecule has 0 radical (unpaired) electrons. The van der Waals surface area contributed by atoms with Crippen LogP contribution in [0.15, 0.2) is 30.6 Å². The molecule has 3 aromatic rings. The van der Waals surface area contributed by atoms with Crippen molar-refractivity contribution in [2.45, 2.75) is 6.42 Å². The van der Waals surface area contributed by atoms with Gasteiger partial charge in [-0.05, 0) is 12.1 Å². The zero-order valence-electron chi connectivity index (χ0n) is 12.7. The van der Waals surface area contributed by atoms with Crippen molar-refractivity contribution in [3.63, 3.8) is 0 Å². The van der Waals surface area contributed by atoms with Crippen LogP contribution < -0.4 is 10.5 Å². The largest absolute Gasteiger partial charge is 0.475 e. The van der Waals surface area contributed by atoms with Gasteiger partial charge in [0, 0.05) is 43.2 Å². The van der Waals surface area contributed by atoms with E-state index in [9.17, 15) is 4.39 Å². The Morgan fingerprint density at radius 3 is 2.91 bits per heavy atom. The summed E-state index contributed by atoms with van der Waals surface area (Å²) in [6.07, 6.45) is 3.99. The summed E-state index contributed by atoms with van der Waals surface area (Å²) in [5.41, 5.74) is 9.86. The Morgan fingerprint density at radius 2 is 2.26 bits per heavy atom. The van der Waals surface area contributed by atoms with E-state index in [0.29, 0.717) is 18.0 Å². The van der Waals surface area contributed by atoms with E-state index in [1.165, 1.54) is 0 Å². The van der Waals surface area contributed by atoms with E-state index in [1.807, 2.05) is 19.2 Å². The van der Waals surface area contributed by atoms with Crippen molar-refractivity contribution in [3.8, 4) is 17.1 Å². The maximum Gasteiger partial charge on any atom is 0.213 e. The van der Waals surface area contributed by atoms with Crippen molar-refractivity contribution in [2.24, 2.45) is 7.05 Å². The molecule has 120 valence electrons. The van der Waals surface area contributed by atoms with Crippen molar-refractivity contribution in [1.82, 2.24) is 25.0 Å². The van der Waals surface area contributed by atoms with E-state index in [1.54, 1.807) is 23.1 Å². The average molecular weight is 316 g/mol. The molecule has 0 aliphatic heterocycles. The fraction of sp³-hybridized carbons (Fsp3) is 0.267. The highest BCUT2D eigenvalue weighted by Crippen LogP contribution is 2.21.